The SMILES string of the molecule is O=C(C1CCCCC1)N1CC(=O)N2[C@H](CO)[C@H](c3ccc(Br)cc3)[C@H]2C1. The van der Waals surface area contributed by atoms with Gasteiger partial charge in [-0.05, 0) is 30.5 Å². The van der Waals surface area contributed by atoms with Gasteiger partial charge in [0.1, 0.15) is 0 Å². The normalized spacial score (nSPS) is 29.3. The molecule has 0 unspecified atom stereocenters. The number of carbonyl (C=O) groups is 2. The standard InChI is InChI=1S/C20H25BrN2O3/c21-15-8-6-13(7-9-15)19-16-10-22(11-18(25)23(16)17(19)12-24)20(26)14-4-2-1-3-5-14/h6-9,14,16-17,19,24H,1-5,10-12H2/t16-,17-,19-/m1/s1. The van der Waals surface area contributed by atoms with Crippen molar-refractivity contribution in [1.82, 2.24) is 9.80 Å². The van der Waals surface area contributed by atoms with Gasteiger partial charge in [-0.25, -0.2) is 0 Å². The second kappa shape index (κ2) is 7.31. The van der Waals surface area contributed by atoms with E-state index in [2.05, 4.69) is 15.9 Å². The molecule has 5 nitrogen and oxygen atoms in total. The average Bonchev–Trinajstić information content (AvgIpc) is 2.65. The van der Waals surface area contributed by atoms with Crippen LogP contribution in [0.5, 0.6) is 0 Å². The van der Waals surface area contributed by atoms with E-state index >= 15 is 0 Å². The monoisotopic (exact) mass is 420 g/mol. The molecule has 2 amide bonds. The van der Waals surface area contributed by atoms with E-state index in [0.717, 1.165) is 35.7 Å². The number of carbonyl (C=O) groups excluding carboxylic acids is 2. The zero-order valence-electron chi connectivity index (χ0n) is 14.8. The summed E-state index contributed by atoms with van der Waals surface area (Å²) in [6.45, 7) is 0.702. The topological polar surface area (TPSA) is 60.9 Å². The van der Waals surface area contributed by atoms with Crippen LogP contribution in [0.25, 0.3) is 0 Å². The first-order valence-electron chi connectivity index (χ1n) is 9.56. The Hall–Kier alpha value is -1.40. The summed E-state index contributed by atoms with van der Waals surface area (Å²) in [5, 5.41) is 9.82. The molecule has 1 aromatic rings. The van der Waals surface area contributed by atoms with Crippen molar-refractivity contribution in [3.8, 4) is 0 Å². The molecule has 3 fully saturated rings. The first-order valence-corrected chi connectivity index (χ1v) is 10.4. The summed E-state index contributed by atoms with van der Waals surface area (Å²) in [6.07, 6.45) is 5.34. The van der Waals surface area contributed by atoms with Crippen LogP contribution < -0.4 is 0 Å². The fourth-order valence-electron chi connectivity index (χ4n) is 4.96. The van der Waals surface area contributed by atoms with Crippen molar-refractivity contribution in [3.63, 3.8) is 0 Å². The molecule has 26 heavy (non-hydrogen) atoms. The molecule has 1 aliphatic carbocycles. The fraction of sp³-hybridized carbons (Fsp3) is 0.600. The third-order valence-electron chi connectivity index (χ3n) is 6.27. The van der Waals surface area contributed by atoms with Crippen LogP contribution in [0.4, 0.5) is 0 Å². The number of aliphatic hydroxyl groups excluding tert-OH is 1. The van der Waals surface area contributed by atoms with E-state index in [9.17, 15) is 14.7 Å². The number of fused-ring (bicyclic) bond motifs is 1. The number of rotatable bonds is 3. The predicted octanol–water partition coefficient (Wildman–Crippen LogP) is 2.53. The van der Waals surface area contributed by atoms with Crippen molar-refractivity contribution in [1.29, 1.82) is 0 Å². The van der Waals surface area contributed by atoms with Crippen LogP contribution in [0.2, 0.25) is 0 Å². The second-order valence-electron chi connectivity index (χ2n) is 7.75. The minimum atomic E-state index is -0.180. The summed E-state index contributed by atoms with van der Waals surface area (Å²) in [4.78, 5) is 29.2. The highest BCUT2D eigenvalue weighted by atomic mass is 79.9. The van der Waals surface area contributed by atoms with Gasteiger partial charge < -0.3 is 14.9 Å². The molecular formula is C20H25BrN2O3. The molecule has 0 bridgehead atoms. The van der Waals surface area contributed by atoms with Crippen molar-refractivity contribution >= 4 is 27.7 Å². The lowest BCUT2D eigenvalue weighted by atomic mass is 9.73. The number of piperazine rings is 1. The van der Waals surface area contributed by atoms with Crippen molar-refractivity contribution in [2.24, 2.45) is 5.92 Å². The predicted molar refractivity (Wildman–Crippen MR) is 102 cm³/mol. The lowest BCUT2D eigenvalue weighted by molar-refractivity contribution is -0.168. The van der Waals surface area contributed by atoms with Crippen LogP contribution in [0.1, 0.15) is 43.6 Å². The first-order chi connectivity index (χ1) is 12.6. The van der Waals surface area contributed by atoms with Gasteiger partial charge in [0.2, 0.25) is 11.8 Å². The fourth-order valence-corrected chi connectivity index (χ4v) is 5.22. The summed E-state index contributed by atoms with van der Waals surface area (Å²) in [7, 11) is 0. The maximum absolute atomic E-state index is 12.9. The van der Waals surface area contributed by atoms with Gasteiger partial charge in [-0.2, -0.15) is 0 Å². The number of benzene rings is 1. The van der Waals surface area contributed by atoms with Gasteiger partial charge in [-0.15, -0.1) is 0 Å². The van der Waals surface area contributed by atoms with Crippen LogP contribution in [0.15, 0.2) is 28.7 Å². The van der Waals surface area contributed by atoms with Gasteiger partial charge in [-0.1, -0.05) is 47.3 Å². The molecule has 1 saturated carbocycles. The van der Waals surface area contributed by atoms with Crippen LogP contribution in [0.3, 0.4) is 0 Å². The van der Waals surface area contributed by atoms with Crippen molar-refractivity contribution < 1.29 is 14.7 Å². The summed E-state index contributed by atoms with van der Waals surface area (Å²) in [5.41, 5.74) is 1.12. The molecule has 4 rings (SSSR count). The summed E-state index contributed by atoms with van der Waals surface area (Å²) >= 11 is 3.45. The second-order valence-corrected chi connectivity index (χ2v) is 8.66. The smallest absolute Gasteiger partial charge is 0.242 e. The molecule has 0 spiro atoms. The van der Waals surface area contributed by atoms with E-state index in [4.69, 9.17) is 0 Å². The van der Waals surface area contributed by atoms with Gasteiger partial charge in [0.15, 0.2) is 0 Å². The Morgan fingerprint density at radius 2 is 1.85 bits per heavy atom. The van der Waals surface area contributed by atoms with Crippen molar-refractivity contribution in [2.45, 2.75) is 50.1 Å². The maximum atomic E-state index is 12.9. The third kappa shape index (κ3) is 3.07. The molecule has 6 heteroatoms. The van der Waals surface area contributed by atoms with Crippen LogP contribution >= 0.6 is 15.9 Å². The summed E-state index contributed by atoms with van der Waals surface area (Å²) < 4.78 is 1.01. The molecule has 2 aliphatic heterocycles. The Kier molecular flexibility index (Phi) is 5.06. The van der Waals surface area contributed by atoms with Gasteiger partial charge in [0.25, 0.3) is 0 Å². The van der Waals surface area contributed by atoms with E-state index in [-0.39, 0.29) is 48.9 Å². The van der Waals surface area contributed by atoms with Gasteiger partial charge in [0.05, 0.1) is 25.2 Å². The Balaban J connectivity index is 1.53. The molecule has 3 aliphatic rings. The van der Waals surface area contributed by atoms with E-state index in [1.807, 2.05) is 24.3 Å². The summed E-state index contributed by atoms with van der Waals surface area (Å²) in [5.74, 6) is 0.291. The van der Waals surface area contributed by atoms with Gasteiger partial charge >= 0.3 is 0 Å². The van der Waals surface area contributed by atoms with E-state index in [1.165, 1.54) is 6.42 Å². The first kappa shape index (κ1) is 18.0. The molecule has 2 saturated heterocycles. The quantitative estimate of drug-likeness (QED) is 0.816. The Labute approximate surface area is 162 Å². The van der Waals surface area contributed by atoms with Crippen LogP contribution in [0, 0.1) is 5.92 Å². The molecule has 0 aromatic heterocycles. The lowest BCUT2D eigenvalue weighted by Crippen LogP contribution is -2.73. The Morgan fingerprint density at radius 3 is 2.50 bits per heavy atom. The number of aliphatic hydroxyl groups is 1. The van der Waals surface area contributed by atoms with Gasteiger partial charge in [-0.3, -0.25) is 9.59 Å². The average molecular weight is 421 g/mol. The van der Waals surface area contributed by atoms with E-state index < -0.39 is 0 Å². The molecule has 3 atom stereocenters. The molecule has 0 radical (unpaired) electrons. The van der Waals surface area contributed by atoms with E-state index in [1.54, 1.807) is 9.80 Å². The Morgan fingerprint density at radius 1 is 1.15 bits per heavy atom. The Bertz CT molecular complexity index is 687. The third-order valence-corrected chi connectivity index (χ3v) is 6.80. The molecular weight excluding hydrogens is 396 g/mol. The molecule has 1 N–H and O–H groups in total. The minimum Gasteiger partial charge on any atom is -0.394 e. The number of hydrogen-bond donors (Lipinski definition) is 1. The minimum absolute atomic E-state index is 0.0258. The van der Waals surface area contributed by atoms with Gasteiger partial charge in [0, 0.05) is 22.9 Å². The zero-order chi connectivity index (χ0) is 18.3. The molecule has 2 heterocycles. The number of hydrogen-bond acceptors (Lipinski definition) is 3. The zero-order valence-corrected chi connectivity index (χ0v) is 16.4. The summed E-state index contributed by atoms with van der Waals surface area (Å²) in [6, 6.07) is 7.86. The highest BCUT2D eigenvalue weighted by molar-refractivity contribution is 9.10. The molecule has 140 valence electrons. The van der Waals surface area contributed by atoms with Crippen LogP contribution in [-0.2, 0) is 9.59 Å². The largest absolute Gasteiger partial charge is 0.394 e. The van der Waals surface area contributed by atoms with E-state index in [0.29, 0.717) is 6.54 Å². The lowest BCUT2D eigenvalue weighted by Gasteiger charge is -2.59. The maximum Gasteiger partial charge on any atom is 0.242 e. The molecule has 1 aromatic carbocycles. The highest BCUT2D eigenvalue weighted by Gasteiger charge is 2.54. The number of nitrogens with zero attached hydrogens (tertiary/aromatic N) is 2. The highest BCUT2D eigenvalue weighted by Crippen LogP contribution is 2.43. The number of halogens is 1. The van der Waals surface area contributed by atoms with Crippen LogP contribution in [-0.4, -0.2) is 58.5 Å². The van der Waals surface area contributed by atoms with Crippen molar-refractivity contribution in [3.05, 3.63) is 34.3 Å². The van der Waals surface area contributed by atoms with Crippen molar-refractivity contribution in [2.75, 3.05) is 19.7 Å². The number of amides is 2.